The third-order valence-corrected chi connectivity index (χ3v) is 11.3. The summed E-state index contributed by atoms with van der Waals surface area (Å²) in [6.45, 7) is 8.31. The number of ether oxygens (including phenoxy) is 1. The van der Waals surface area contributed by atoms with Gasteiger partial charge in [-0.3, -0.25) is 24.8 Å². The molecular formula is C40H38ClN5O7S. The van der Waals surface area contributed by atoms with Crippen molar-refractivity contribution in [1.82, 2.24) is 20.2 Å². The van der Waals surface area contributed by atoms with Gasteiger partial charge in [-0.15, -0.1) is 0 Å². The highest BCUT2D eigenvalue weighted by molar-refractivity contribution is 7.90. The van der Waals surface area contributed by atoms with Gasteiger partial charge in [-0.05, 0) is 116 Å². The van der Waals surface area contributed by atoms with Crippen LogP contribution in [0.25, 0.3) is 16.7 Å². The van der Waals surface area contributed by atoms with E-state index in [0.717, 1.165) is 80.4 Å². The number of fused-ring (bicyclic) bond motifs is 1. The van der Waals surface area contributed by atoms with E-state index >= 15 is 0 Å². The molecule has 3 N–H and O–H groups in total. The Morgan fingerprint density at radius 3 is 2.30 bits per heavy atom. The summed E-state index contributed by atoms with van der Waals surface area (Å²) >= 11 is 6.34. The Hall–Kier alpha value is -5.79. The van der Waals surface area contributed by atoms with E-state index in [0.29, 0.717) is 42.0 Å². The molecule has 0 saturated heterocycles. The molecule has 14 heteroatoms. The number of hydrogen-bond donors (Lipinski definition) is 3. The van der Waals surface area contributed by atoms with E-state index in [9.17, 15) is 28.1 Å². The van der Waals surface area contributed by atoms with E-state index < -0.39 is 20.9 Å². The Morgan fingerprint density at radius 1 is 0.944 bits per heavy atom. The number of amides is 2. The average molecular weight is 768 g/mol. The van der Waals surface area contributed by atoms with Crippen molar-refractivity contribution in [3.05, 3.63) is 144 Å². The molecule has 0 saturated carbocycles. The van der Waals surface area contributed by atoms with Crippen LogP contribution in [-0.4, -0.2) is 42.0 Å². The van der Waals surface area contributed by atoms with Crippen LogP contribution in [0.3, 0.4) is 0 Å². The standard InChI is InChI=1S/C40H38ClN5O7S/c1-23-18-30(19-24(2)38(23)41)53-17-7-12-33-32-10-6-11-34(37-25(3)43-44-26(37)4)35(32)21-36(33)40(48)42-22-27-8-5-9-28(20-27)39(47)45-54(51,52)31-15-13-29(14-16-31)46(49)50/h5-6,8-11,13-16,18-20H,7,12,17,21-22H2,1-4H3,(H,42,48)(H,43,44)(H,45,47). The van der Waals surface area contributed by atoms with Gasteiger partial charge in [0.15, 0.2) is 0 Å². The molecule has 1 aliphatic carbocycles. The number of hydrogen-bond acceptors (Lipinski definition) is 8. The van der Waals surface area contributed by atoms with Gasteiger partial charge in [-0.25, -0.2) is 13.1 Å². The van der Waals surface area contributed by atoms with Crippen LogP contribution < -0.4 is 14.8 Å². The molecule has 0 aliphatic heterocycles. The molecule has 54 heavy (non-hydrogen) atoms. The number of aromatic amines is 1. The molecule has 0 radical (unpaired) electrons. The van der Waals surface area contributed by atoms with Gasteiger partial charge < -0.3 is 10.1 Å². The number of carbonyl (C=O) groups is 2. The van der Waals surface area contributed by atoms with E-state index in [1.165, 1.54) is 12.1 Å². The Bertz CT molecular complexity index is 2400. The van der Waals surface area contributed by atoms with Crippen molar-refractivity contribution in [2.75, 3.05) is 6.61 Å². The number of carbonyl (C=O) groups excluding carboxylic acids is 2. The Labute approximate surface area is 317 Å². The Morgan fingerprint density at radius 2 is 1.63 bits per heavy atom. The zero-order valence-electron chi connectivity index (χ0n) is 30.1. The van der Waals surface area contributed by atoms with Crippen molar-refractivity contribution < 1.29 is 27.7 Å². The summed E-state index contributed by atoms with van der Waals surface area (Å²) < 4.78 is 33.8. The first-order valence-electron chi connectivity index (χ1n) is 17.2. The van der Waals surface area contributed by atoms with Gasteiger partial charge in [0.2, 0.25) is 5.91 Å². The molecule has 0 atom stereocenters. The molecule has 5 aromatic rings. The minimum atomic E-state index is -4.31. The van der Waals surface area contributed by atoms with E-state index in [1.54, 1.807) is 12.1 Å². The minimum absolute atomic E-state index is 0.0574. The molecule has 278 valence electrons. The highest BCUT2D eigenvalue weighted by Crippen LogP contribution is 2.42. The average Bonchev–Trinajstić information content (AvgIpc) is 3.69. The van der Waals surface area contributed by atoms with Crippen LogP contribution in [0.4, 0.5) is 5.69 Å². The minimum Gasteiger partial charge on any atom is -0.494 e. The summed E-state index contributed by atoms with van der Waals surface area (Å²) in [5.41, 5.74) is 9.68. The monoisotopic (exact) mass is 767 g/mol. The van der Waals surface area contributed by atoms with Crippen molar-refractivity contribution in [3.8, 4) is 16.9 Å². The van der Waals surface area contributed by atoms with Crippen molar-refractivity contribution in [2.45, 2.75) is 58.4 Å². The number of benzene rings is 4. The van der Waals surface area contributed by atoms with Crippen molar-refractivity contribution in [1.29, 1.82) is 0 Å². The summed E-state index contributed by atoms with van der Waals surface area (Å²) in [6, 6.07) is 20.4. The quantitative estimate of drug-likeness (QED) is 0.0628. The molecular weight excluding hydrogens is 730 g/mol. The molecule has 0 spiro atoms. The van der Waals surface area contributed by atoms with Crippen molar-refractivity contribution >= 4 is 44.7 Å². The van der Waals surface area contributed by atoms with Crippen LogP contribution in [0.5, 0.6) is 5.75 Å². The molecule has 4 aromatic carbocycles. The second-order valence-electron chi connectivity index (χ2n) is 13.2. The maximum absolute atomic E-state index is 14.0. The van der Waals surface area contributed by atoms with Gasteiger partial charge in [0.25, 0.3) is 21.6 Å². The molecule has 12 nitrogen and oxygen atoms in total. The van der Waals surface area contributed by atoms with Crippen molar-refractivity contribution in [2.24, 2.45) is 0 Å². The third kappa shape index (κ3) is 8.07. The number of nitro benzene ring substituents is 1. The number of nitrogens with one attached hydrogen (secondary N) is 3. The maximum atomic E-state index is 14.0. The summed E-state index contributed by atoms with van der Waals surface area (Å²) in [4.78, 5) is 37.0. The number of nitro groups is 1. The first kappa shape index (κ1) is 38.0. The topological polar surface area (TPSA) is 173 Å². The Kier molecular flexibility index (Phi) is 11.0. The van der Waals surface area contributed by atoms with E-state index in [-0.39, 0.29) is 28.6 Å². The molecule has 0 bridgehead atoms. The summed E-state index contributed by atoms with van der Waals surface area (Å²) in [5, 5.41) is 22.1. The zero-order chi connectivity index (χ0) is 38.7. The summed E-state index contributed by atoms with van der Waals surface area (Å²) in [5.74, 6) is -0.407. The lowest BCUT2D eigenvalue weighted by Gasteiger charge is -2.13. The number of rotatable bonds is 13. The normalized spacial score (nSPS) is 12.4. The van der Waals surface area contributed by atoms with Crippen molar-refractivity contribution in [3.63, 3.8) is 0 Å². The molecule has 6 rings (SSSR count). The molecule has 2 amide bonds. The summed E-state index contributed by atoms with van der Waals surface area (Å²) in [6.07, 6.45) is 1.66. The maximum Gasteiger partial charge on any atom is 0.269 e. The van der Waals surface area contributed by atoms with Gasteiger partial charge in [0.05, 0.1) is 22.1 Å². The number of sulfonamides is 1. The molecule has 0 fully saturated rings. The molecule has 1 aromatic heterocycles. The fourth-order valence-corrected chi connectivity index (χ4v) is 7.80. The number of nitrogens with zero attached hydrogens (tertiary/aromatic N) is 2. The van der Waals surface area contributed by atoms with Gasteiger partial charge in [-0.1, -0.05) is 41.9 Å². The Balaban J connectivity index is 1.19. The van der Waals surface area contributed by atoms with Crippen LogP contribution in [0.15, 0.2) is 89.3 Å². The van der Waals surface area contributed by atoms with Gasteiger partial charge >= 0.3 is 0 Å². The number of allylic oxidation sites excluding steroid dienone is 1. The predicted molar refractivity (Wildman–Crippen MR) is 206 cm³/mol. The van der Waals surface area contributed by atoms with Crippen LogP contribution >= 0.6 is 11.6 Å². The lowest BCUT2D eigenvalue weighted by Crippen LogP contribution is -2.30. The number of non-ortho nitro benzene ring substituents is 1. The predicted octanol–water partition coefficient (Wildman–Crippen LogP) is 7.48. The number of halogens is 1. The lowest BCUT2D eigenvalue weighted by atomic mass is 9.93. The molecule has 0 unspecified atom stereocenters. The van der Waals surface area contributed by atoms with E-state index in [1.807, 2.05) is 56.7 Å². The van der Waals surface area contributed by atoms with Gasteiger partial charge in [-0.2, -0.15) is 5.10 Å². The van der Waals surface area contributed by atoms with Crippen LogP contribution in [0.2, 0.25) is 5.02 Å². The fourth-order valence-electron chi connectivity index (χ4n) is 6.72. The van der Waals surface area contributed by atoms with Gasteiger partial charge in [0, 0.05) is 52.5 Å². The van der Waals surface area contributed by atoms with Crippen LogP contribution in [-0.2, 0) is 27.8 Å². The molecule has 1 aliphatic rings. The smallest absolute Gasteiger partial charge is 0.269 e. The largest absolute Gasteiger partial charge is 0.494 e. The number of H-pyrrole nitrogens is 1. The fraction of sp³-hybridized carbons (Fsp3) is 0.225. The first-order chi connectivity index (χ1) is 25.7. The van der Waals surface area contributed by atoms with E-state index in [4.69, 9.17) is 16.3 Å². The number of aromatic nitrogens is 2. The summed E-state index contributed by atoms with van der Waals surface area (Å²) in [7, 11) is -4.31. The number of aryl methyl sites for hydroxylation is 4. The van der Waals surface area contributed by atoms with Gasteiger partial charge in [0.1, 0.15) is 5.75 Å². The zero-order valence-corrected chi connectivity index (χ0v) is 31.7. The van der Waals surface area contributed by atoms with E-state index in [2.05, 4.69) is 21.6 Å². The first-order valence-corrected chi connectivity index (χ1v) is 19.0. The van der Waals surface area contributed by atoms with Crippen LogP contribution in [0, 0.1) is 37.8 Å². The third-order valence-electron chi connectivity index (χ3n) is 9.37. The van der Waals surface area contributed by atoms with Crippen LogP contribution in [0.1, 0.15) is 62.4 Å². The molecule has 1 heterocycles. The lowest BCUT2D eigenvalue weighted by molar-refractivity contribution is -0.384. The SMILES string of the molecule is Cc1cc(OCCCC2=C(C(=O)NCc3cccc(C(=O)NS(=O)(=O)c4ccc([N+](=O)[O-])cc4)c3)Cc3c2cccc3-c2c(C)n[nH]c2C)cc(C)c1Cl. The second kappa shape index (κ2) is 15.7. The highest BCUT2D eigenvalue weighted by atomic mass is 35.5. The highest BCUT2D eigenvalue weighted by Gasteiger charge is 2.29. The second-order valence-corrected chi connectivity index (χ2v) is 15.2.